The van der Waals surface area contributed by atoms with Crippen LogP contribution < -0.4 is 11.1 Å². The highest BCUT2D eigenvalue weighted by atomic mass is 79.9. The molecule has 1 aromatic heterocycles. The summed E-state index contributed by atoms with van der Waals surface area (Å²) in [4.78, 5) is 16.8. The highest BCUT2D eigenvalue weighted by molar-refractivity contribution is 9.10. The number of ether oxygens (including phenoxy) is 1. The molecule has 1 heterocycles. The van der Waals surface area contributed by atoms with E-state index in [1.807, 2.05) is 18.2 Å². The first-order valence-corrected chi connectivity index (χ1v) is 9.15. The lowest BCUT2D eigenvalue weighted by Crippen LogP contribution is -2.33. The van der Waals surface area contributed by atoms with Gasteiger partial charge in [0.2, 0.25) is 0 Å². The Labute approximate surface area is 150 Å². The molecule has 0 radical (unpaired) electrons. The van der Waals surface area contributed by atoms with Crippen LogP contribution in [-0.4, -0.2) is 29.6 Å². The summed E-state index contributed by atoms with van der Waals surface area (Å²) in [6.45, 7) is 2.14. The molecule has 0 amide bonds. The second kappa shape index (κ2) is 7.49. The van der Waals surface area contributed by atoms with Gasteiger partial charge in [0.1, 0.15) is 5.56 Å². The summed E-state index contributed by atoms with van der Waals surface area (Å²) in [6, 6.07) is 6.47. The molecule has 0 saturated heterocycles. The Morgan fingerprint density at radius 1 is 1.38 bits per heavy atom. The number of nitrogens with one attached hydrogen (secondary N) is 1. The zero-order chi connectivity index (χ0) is 17.1. The van der Waals surface area contributed by atoms with Crippen LogP contribution in [0.15, 0.2) is 28.9 Å². The van der Waals surface area contributed by atoms with Crippen LogP contribution in [0.2, 0.25) is 0 Å². The Hall–Kier alpha value is -1.66. The fourth-order valence-corrected chi connectivity index (χ4v) is 3.51. The first-order valence-electron chi connectivity index (χ1n) is 8.36. The van der Waals surface area contributed by atoms with Gasteiger partial charge in [0.15, 0.2) is 0 Å². The summed E-state index contributed by atoms with van der Waals surface area (Å²) in [5.41, 5.74) is 8.14. The minimum absolute atomic E-state index is 0.288. The van der Waals surface area contributed by atoms with Crippen LogP contribution in [0.1, 0.15) is 43.0 Å². The molecule has 0 aliphatic heterocycles. The number of fused-ring (bicyclic) bond motifs is 1. The van der Waals surface area contributed by atoms with Gasteiger partial charge >= 0.3 is 5.97 Å². The number of nitrogens with two attached hydrogens (primary N) is 1. The molecule has 0 atom stereocenters. The zero-order valence-corrected chi connectivity index (χ0v) is 15.3. The van der Waals surface area contributed by atoms with Crippen LogP contribution in [0.5, 0.6) is 0 Å². The molecular formula is C18H22BrN3O2. The number of nitrogens with zero attached hydrogens (tertiary/aromatic N) is 1. The number of carbonyl (C=O) groups excluding carboxylic acids is 1. The first kappa shape index (κ1) is 17.2. The smallest absolute Gasteiger partial charge is 0.341 e. The van der Waals surface area contributed by atoms with Gasteiger partial charge in [-0.15, -0.1) is 0 Å². The number of hydrogen-bond acceptors (Lipinski definition) is 5. The van der Waals surface area contributed by atoms with Gasteiger partial charge in [-0.25, -0.2) is 4.79 Å². The number of pyridine rings is 1. The summed E-state index contributed by atoms with van der Waals surface area (Å²) in [6.07, 6.45) is 5.60. The van der Waals surface area contributed by atoms with Gasteiger partial charge in [0.25, 0.3) is 0 Å². The number of aromatic nitrogens is 1. The third-order valence-corrected chi connectivity index (χ3v) is 4.94. The van der Waals surface area contributed by atoms with Crippen molar-refractivity contribution >= 4 is 38.5 Å². The summed E-state index contributed by atoms with van der Waals surface area (Å²) < 4.78 is 6.15. The second-order valence-corrected chi connectivity index (χ2v) is 7.10. The van der Waals surface area contributed by atoms with E-state index in [1.165, 1.54) is 0 Å². The number of rotatable bonds is 4. The van der Waals surface area contributed by atoms with Crippen molar-refractivity contribution in [2.24, 2.45) is 5.73 Å². The average Bonchev–Trinajstić information content (AvgIpc) is 2.57. The van der Waals surface area contributed by atoms with E-state index in [9.17, 15) is 4.79 Å². The quantitative estimate of drug-likeness (QED) is 0.773. The summed E-state index contributed by atoms with van der Waals surface area (Å²) in [5.74, 6) is -0.345. The van der Waals surface area contributed by atoms with E-state index in [0.717, 1.165) is 46.7 Å². The molecule has 0 unspecified atom stereocenters. The molecule has 6 heteroatoms. The van der Waals surface area contributed by atoms with Crippen molar-refractivity contribution in [2.45, 2.75) is 44.7 Å². The van der Waals surface area contributed by atoms with Crippen molar-refractivity contribution in [2.75, 3.05) is 11.9 Å². The molecule has 1 aliphatic rings. The molecule has 24 heavy (non-hydrogen) atoms. The minimum Gasteiger partial charge on any atom is -0.462 e. The van der Waals surface area contributed by atoms with Crippen molar-refractivity contribution < 1.29 is 9.53 Å². The molecule has 128 valence electrons. The van der Waals surface area contributed by atoms with E-state index in [0.29, 0.717) is 18.2 Å². The van der Waals surface area contributed by atoms with Crippen LogP contribution in [-0.2, 0) is 4.74 Å². The zero-order valence-electron chi connectivity index (χ0n) is 13.7. The lowest BCUT2D eigenvalue weighted by molar-refractivity contribution is 0.0527. The maximum absolute atomic E-state index is 12.4. The van der Waals surface area contributed by atoms with E-state index in [1.54, 1.807) is 13.1 Å². The number of hydrogen-bond donors (Lipinski definition) is 2. The third-order valence-electron chi connectivity index (χ3n) is 4.45. The van der Waals surface area contributed by atoms with Crippen molar-refractivity contribution in [3.8, 4) is 0 Å². The van der Waals surface area contributed by atoms with Gasteiger partial charge in [-0.1, -0.05) is 15.9 Å². The Bertz CT molecular complexity index is 742. The van der Waals surface area contributed by atoms with Crippen LogP contribution in [0.3, 0.4) is 0 Å². The van der Waals surface area contributed by atoms with Crippen LogP contribution in [0.4, 0.5) is 5.69 Å². The standard InChI is InChI=1S/C18H22BrN3O2/c1-2-24-18(23)15-10-21-16-8-3-11(19)9-14(16)17(15)22-13-6-4-12(20)5-7-13/h3,8-10,12-13H,2,4-7,20H2,1H3,(H,21,22). The largest absolute Gasteiger partial charge is 0.462 e. The molecule has 2 aromatic rings. The summed E-state index contributed by atoms with van der Waals surface area (Å²) in [7, 11) is 0. The number of esters is 1. The molecule has 1 fully saturated rings. The maximum Gasteiger partial charge on any atom is 0.341 e. The molecule has 1 aliphatic carbocycles. The number of benzene rings is 1. The second-order valence-electron chi connectivity index (χ2n) is 6.18. The van der Waals surface area contributed by atoms with E-state index in [2.05, 4.69) is 26.2 Å². The lowest BCUT2D eigenvalue weighted by atomic mass is 9.91. The normalized spacial score (nSPS) is 20.8. The van der Waals surface area contributed by atoms with E-state index in [4.69, 9.17) is 10.5 Å². The molecule has 3 rings (SSSR count). The predicted molar refractivity (Wildman–Crippen MR) is 99.3 cm³/mol. The van der Waals surface area contributed by atoms with Crippen molar-refractivity contribution in [1.29, 1.82) is 0 Å². The predicted octanol–water partition coefficient (Wildman–Crippen LogP) is 3.86. The molecule has 5 nitrogen and oxygen atoms in total. The molecule has 1 aromatic carbocycles. The number of carbonyl (C=O) groups is 1. The Morgan fingerprint density at radius 3 is 2.83 bits per heavy atom. The molecular weight excluding hydrogens is 370 g/mol. The van der Waals surface area contributed by atoms with Gasteiger partial charge in [-0.05, 0) is 50.8 Å². The molecule has 0 bridgehead atoms. The average molecular weight is 392 g/mol. The highest BCUT2D eigenvalue weighted by Gasteiger charge is 2.23. The highest BCUT2D eigenvalue weighted by Crippen LogP contribution is 2.31. The fourth-order valence-electron chi connectivity index (χ4n) is 3.15. The maximum atomic E-state index is 12.4. The summed E-state index contributed by atoms with van der Waals surface area (Å²) in [5, 5.41) is 4.48. The topological polar surface area (TPSA) is 77.2 Å². The fraction of sp³-hybridized carbons (Fsp3) is 0.444. The van der Waals surface area contributed by atoms with Crippen molar-refractivity contribution in [1.82, 2.24) is 4.98 Å². The van der Waals surface area contributed by atoms with Gasteiger partial charge in [-0.2, -0.15) is 0 Å². The van der Waals surface area contributed by atoms with E-state index >= 15 is 0 Å². The SMILES string of the molecule is CCOC(=O)c1cnc2ccc(Br)cc2c1NC1CCC(N)CC1. The van der Waals surface area contributed by atoms with Crippen LogP contribution in [0, 0.1) is 0 Å². The van der Waals surface area contributed by atoms with Crippen LogP contribution in [0.25, 0.3) is 10.9 Å². The Balaban J connectivity index is 2.01. The van der Waals surface area contributed by atoms with E-state index in [-0.39, 0.29) is 12.0 Å². The van der Waals surface area contributed by atoms with E-state index < -0.39 is 0 Å². The van der Waals surface area contributed by atoms with Gasteiger partial charge < -0.3 is 15.8 Å². The van der Waals surface area contributed by atoms with Gasteiger partial charge in [-0.3, -0.25) is 4.98 Å². The Morgan fingerprint density at radius 2 is 2.12 bits per heavy atom. The van der Waals surface area contributed by atoms with Gasteiger partial charge in [0, 0.05) is 28.1 Å². The Kier molecular flexibility index (Phi) is 5.36. The first-order chi connectivity index (χ1) is 11.6. The minimum atomic E-state index is -0.345. The number of anilines is 1. The molecule has 0 spiro atoms. The van der Waals surface area contributed by atoms with Crippen molar-refractivity contribution in [3.05, 3.63) is 34.4 Å². The third kappa shape index (κ3) is 3.70. The lowest BCUT2D eigenvalue weighted by Gasteiger charge is -2.28. The van der Waals surface area contributed by atoms with Gasteiger partial charge in [0.05, 0.1) is 17.8 Å². The summed E-state index contributed by atoms with van der Waals surface area (Å²) >= 11 is 3.50. The number of halogens is 1. The monoisotopic (exact) mass is 391 g/mol. The molecule has 1 saturated carbocycles. The van der Waals surface area contributed by atoms with Crippen molar-refractivity contribution in [3.63, 3.8) is 0 Å². The molecule has 3 N–H and O–H groups in total. The van der Waals surface area contributed by atoms with Crippen LogP contribution >= 0.6 is 15.9 Å².